The molecular formula is C23H25F4N5O3. The summed E-state index contributed by atoms with van der Waals surface area (Å²) in [6.45, 7) is 1.77. The Morgan fingerprint density at radius 3 is 2.51 bits per heavy atom. The highest BCUT2D eigenvalue weighted by Gasteiger charge is 2.48. The number of aromatic nitrogens is 3. The van der Waals surface area contributed by atoms with Gasteiger partial charge in [-0.15, -0.1) is 0 Å². The van der Waals surface area contributed by atoms with E-state index in [0.717, 1.165) is 49.2 Å². The molecule has 1 aromatic heterocycles. The Hall–Kier alpha value is -3.18. The quantitative estimate of drug-likeness (QED) is 0.660. The third kappa shape index (κ3) is 4.70. The van der Waals surface area contributed by atoms with Gasteiger partial charge < -0.3 is 14.5 Å². The minimum absolute atomic E-state index is 0.0142. The number of ether oxygens (including phenoxy) is 1. The summed E-state index contributed by atoms with van der Waals surface area (Å²) in [5.74, 6) is -1.00. The zero-order valence-corrected chi connectivity index (χ0v) is 18.9. The smallest absolute Gasteiger partial charge is 0.416 e. The summed E-state index contributed by atoms with van der Waals surface area (Å²) in [4.78, 5) is 28.7. The van der Waals surface area contributed by atoms with Crippen molar-refractivity contribution in [3.63, 3.8) is 0 Å². The first-order chi connectivity index (χ1) is 16.6. The van der Waals surface area contributed by atoms with E-state index in [2.05, 4.69) is 15.4 Å². The van der Waals surface area contributed by atoms with Gasteiger partial charge in [0.25, 0.3) is 0 Å². The number of hydrogen-bond acceptors (Lipinski definition) is 5. The highest BCUT2D eigenvalue weighted by atomic mass is 19.4. The van der Waals surface area contributed by atoms with Crippen LogP contribution in [-0.4, -0.2) is 63.4 Å². The standard InChI is InChI=1S/C23H25F4N5O3/c24-17-10-16(23(25,26)27)3-1-15(17)11-35-21(34)31-7-5-22(6-8-31)12-32(13-22)20(33)14-2-4-18-19(9-14)29-30-28-18/h1,3,10,14H,2,4-9,11-13H2,(H,28,29,30). The van der Waals surface area contributed by atoms with Crippen LogP contribution in [0.3, 0.4) is 0 Å². The van der Waals surface area contributed by atoms with E-state index in [9.17, 15) is 27.2 Å². The number of aromatic amines is 1. The van der Waals surface area contributed by atoms with Gasteiger partial charge in [0.1, 0.15) is 12.4 Å². The Kier molecular flexibility index (Phi) is 5.92. The molecule has 35 heavy (non-hydrogen) atoms. The third-order valence-electron chi connectivity index (χ3n) is 7.40. The normalized spacial score (nSPS) is 21.4. The van der Waals surface area contributed by atoms with E-state index in [4.69, 9.17) is 4.74 Å². The van der Waals surface area contributed by atoms with E-state index in [-0.39, 0.29) is 22.8 Å². The number of benzene rings is 1. The lowest BCUT2D eigenvalue weighted by Gasteiger charge is -2.54. The molecule has 5 rings (SSSR count). The SMILES string of the molecule is O=C(OCc1ccc(C(F)(F)F)cc1F)N1CCC2(CC1)CN(C(=O)C1CCc3n[nH]nc3C1)C2. The van der Waals surface area contributed by atoms with Crippen LogP contribution in [0.1, 0.15) is 41.8 Å². The lowest BCUT2D eigenvalue weighted by Crippen LogP contribution is -2.63. The van der Waals surface area contributed by atoms with E-state index < -0.39 is 30.3 Å². The fraction of sp³-hybridized carbons (Fsp3) is 0.565. The summed E-state index contributed by atoms with van der Waals surface area (Å²) < 4.78 is 57.1. The Balaban J connectivity index is 1.07. The Bertz CT molecular complexity index is 1120. The molecule has 1 N–H and O–H groups in total. The maximum Gasteiger partial charge on any atom is 0.416 e. The predicted molar refractivity (Wildman–Crippen MR) is 113 cm³/mol. The van der Waals surface area contributed by atoms with Crippen LogP contribution in [0.25, 0.3) is 0 Å². The molecule has 2 amide bonds. The van der Waals surface area contributed by atoms with Gasteiger partial charge >= 0.3 is 12.3 Å². The van der Waals surface area contributed by atoms with Gasteiger partial charge in [-0.1, -0.05) is 6.07 Å². The second-order valence-electron chi connectivity index (χ2n) is 9.70. The first-order valence-corrected chi connectivity index (χ1v) is 11.6. The van der Waals surface area contributed by atoms with Crippen molar-refractivity contribution >= 4 is 12.0 Å². The summed E-state index contributed by atoms with van der Waals surface area (Å²) in [6, 6.07) is 2.14. The molecule has 1 spiro atoms. The van der Waals surface area contributed by atoms with Gasteiger partial charge in [0.05, 0.1) is 17.0 Å². The number of likely N-dealkylation sites (tertiary alicyclic amines) is 2. The molecule has 2 aliphatic heterocycles. The van der Waals surface area contributed by atoms with E-state index in [0.29, 0.717) is 38.7 Å². The molecule has 2 aromatic rings. The largest absolute Gasteiger partial charge is 0.444 e. The first-order valence-electron chi connectivity index (χ1n) is 11.6. The maximum atomic E-state index is 14.0. The summed E-state index contributed by atoms with van der Waals surface area (Å²) in [5.41, 5.74) is 0.584. The van der Waals surface area contributed by atoms with Gasteiger partial charge in [-0.05, 0) is 37.8 Å². The molecule has 1 aromatic carbocycles. The Labute approximate surface area is 198 Å². The zero-order chi connectivity index (χ0) is 24.8. The van der Waals surface area contributed by atoms with Crippen LogP contribution in [0.4, 0.5) is 22.4 Å². The summed E-state index contributed by atoms with van der Waals surface area (Å²) >= 11 is 0. The summed E-state index contributed by atoms with van der Waals surface area (Å²) in [7, 11) is 0. The Morgan fingerprint density at radius 1 is 1.11 bits per heavy atom. The fourth-order valence-corrected chi connectivity index (χ4v) is 5.22. The third-order valence-corrected chi connectivity index (χ3v) is 7.40. The number of carbonyl (C=O) groups excluding carboxylic acids is 2. The van der Waals surface area contributed by atoms with Crippen LogP contribution in [-0.2, 0) is 35.2 Å². The van der Waals surface area contributed by atoms with Crippen molar-refractivity contribution in [3.8, 4) is 0 Å². The number of carbonyl (C=O) groups is 2. The minimum Gasteiger partial charge on any atom is -0.444 e. The predicted octanol–water partition coefficient (Wildman–Crippen LogP) is 3.33. The molecule has 2 fully saturated rings. The van der Waals surface area contributed by atoms with Gasteiger partial charge in [-0.3, -0.25) is 4.79 Å². The number of rotatable bonds is 3. The van der Waals surface area contributed by atoms with Crippen molar-refractivity contribution in [1.82, 2.24) is 25.2 Å². The number of aryl methyl sites for hydroxylation is 1. The van der Waals surface area contributed by atoms with E-state index >= 15 is 0 Å². The maximum absolute atomic E-state index is 14.0. The highest BCUT2D eigenvalue weighted by Crippen LogP contribution is 2.42. The molecule has 1 atom stereocenters. The highest BCUT2D eigenvalue weighted by molar-refractivity contribution is 5.80. The molecule has 1 aliphatic carbocycles. The molecule has 3 aliphatic rings. The molecule has 12 heteroatoms. The van der Waals surface area contributed by atoms with Gasteiger partial charge in [0, 0.05) is 49.5 Å². The molecule has 1 unspecified atom stereocenters. The van der Waals surface area contributed by atoms with Crippen LogP contribution in [0.15, 0.2) is 18.2 Å². The molecule has 2 saturated heterocycles. The van der Waals surface area contributed by atoms with Crippen LogP contribution in [0.2, 0.25) is 0 Å². The second kappa shape index (κ2) is 8.80. The number of piperidine rings is 1. The molecule has 0 bridgehead atoms. The minimum atomic E-state index is -4.64. The first kappa shape index (κ1) is 23.6. The van der Waals surface area contributed by atoms with Crippen molar-refractivity contribution in [2.45, 2.75) is 44.9 Å². The monoisotopic (exact) mass is 495 g/mol. The molecule has 188 valence electrons. The lowest BCUT2D eigenvalue weighted by atomic mass is 9.71. The van der Waals surface area contributed by atoms with Gasteiger partial charge in [0.2, 0.25) is 5.91 Å². The number of halogens is 4. The van der Waals surface area contributed by atoms with Gasteiger partial charge in [0.15, 0.2) is 0 Å². The topological polar surface area (TPSA) is 91.4 Å². The van der Waals surface area contributed by atoms with E-state index in [1.54, 1.807) is 0 Å². The van der Waals surface area contributed by atoms with Crippen molar-refractivity contribution in [2.75, 3.05) is 26.2 Å². The van der Waals surface area contributed by atoms with Crippen LogP contribution < -0.4 is 0 Å². The number of hydrogen-bond donors (Lipinski definition) is 1. The number of nitrogens with zero attached hydrogens (tertiary/aromatic N) is 4. The molecular weight excluding hydrogens is 470 g/mol. The van der Waals surface area contributed by atoms with Crippen LogP contribution in [0, 0.1) is 17.2 Å². The zero-order valence-electron chi connectivity index (χ0n) is 18.9. The van der Waals surface area contributed by atoms with Crippen molar-refractivity contribution in [2.24, 2.45) is 11.3 Å². The number of amides is 2. The van der Waals surface area contributed by atoms with Gasteiger partial charge in [-0.25, -0.2) is 9.18 Å². The number of H-pyrrole nitrogens is 1. The molecule has 3 heterocycles. The van der Waals surface area contributed by atoms with E-state index in [1.807, 2.05) is 4.90 Å². The second-order valence-corrected chi connectivity index (χ2v) is 9.70. The molecule has 8 nitrogen and oxygen atoms in total. The molecule has 0 saturated carbocycles. The van der Waals surface area contributed by atoms with Crippen LogP contribution >= 0.6 is 0 Å². The fourth-order valence-electron chi connectivity index (χ4n) is 5.22. The van der Waals surface area contributed by atoms with Crippen LogP contribution in [0.5, 0.6) is 0 Å². The average molecular weight is 495 g/mol. The molecule has 0 radical (unpaired) electrons. The van der Waals surface area contributed by atoms with Crippen molar-refractivity contribution in [1.29, 1.82) is 0 Å². The summed E-state index contributed by atoms with van der Waals surface area (Å²) in [6.07, 6.45) is -1.71. The average Bonchev–Trinajstić information content (AvgIpc) is 3.28. The van der Waals surface area contributed by atoms with Gasteiger partial charge in [-0.2, -0.15) is 28.6 Å². The number of alkyl halides is 3. The number of fused-ring (bicyclic) bond motifs is 1. The number of nitrogens with one attached hydrogen (secondary N) is 1. The van der Waals surface area contributed by atoms with E-state index in [1.165, 1.54) is 4.90 Å². The van der Waals surface area contributed by atoms with Crippen molar-refractivity contribution in [3.05, 3.63) is 46.5 Å². The lowest BCUT2D eigenvalue weighted by molar-refractivity contribution is -0.151. The summed E-state index contributed by atoms with van der Waals surface area (Å²) in [5, 5.41) is 10.9. The van der Waals surface area contributed by atoms with Crippen molar-refractivity contribution < 1.29 is 31.9 Å². The Morgan fingerprint density at radius 2 is 1.83 bits per heavy atom.